The zero-order chi connectivity index (χ0) is 11.8. The van der Waals surface area contributed by atoms with Gasteiger partial charge < -0.3 is 15.8 Å². The molecular weight excluding hydrogens is 206 g/mol. The quantitative estimate of drug-likeness (QED) is 0.664. The van der Waals surface area contributed by atoms with Crippen LogP contribution in [0.2, 0.25) is 0 Å². The number of carbonyl (C=O) groups excluding carboxylic acids is 1. The monoisotopic (exact) mass is 223 g/mol. The summed E-state index contributed by atoms with van der Waals surface area (Å²) in [5, 5.41) is 2.73. The fourth-order valence-electron chi connectivity index (χ4n) is 1.10. The number of nitrogens with two attached hydrogens (primary N) is 1. The molecule has 1 heterocycles. The Morgan fingerprint density at radius 2 is 2.38 bits per heavy atom. The Morgan fingerprint density at radius 1 is 1.56 bits per heavy atom. The number of hydrogen-bond acceptors (Lipinski definition) is 4. The topological polar surface area (TPSA) is 77.2 Å². The number of amides is 1. The van der Waals surface area contributed by atoms with Crippen LogP contribution in [0.1, 0.15) is 11.3 Å². The average molecular weight is 223 g/mol. The summed E-state index contributed by atoms with van der Waals surface area (Å²) in [7, 11) is 0. The maximum absolute atomic E-state index is 11.3. The molecule has 0 aliphatic heterocycles. The van der Waals surface area contributed by atoms with Crippen LogP contribution in [0.5, 0.6) is 0 Å². The lowest BCUT2D eigenvalue weighted by Crippen LogP contribution is -2.28. The Balaban J connectivity index is 2.23. The van der Waals surface area contributed by atoms with Crippen molar-refractivity contribution in [3.05, 3.63) is 29.6 Å². The standard InChI is InChI=1S/C11H17N3O2/c1-9-2-3-10(6-13-9)7-14-11(15)8-16-5-4-12/h2-3,6H,4-5,7-8,12H2,1H3,(H,14,15). The van der Waals surface area contributed by atoms with Crippen LogP contribution >= 0.6 is 0 Å². The molecule has 1 aromatic rings. The number of aryl methyl sites for hydroxylation is 1. The molecule has 88 valence electrons. The first kappa shape index (κ1) is 12.6. The molecule has 5 nitrogen and oxygen atoms in total. The molecule has 3 N–H and O–H groups in total. The van der Waals surface area contributed by atoms with Crippen molar-refractivity contribution in [3.8, 4) is 0 Å². The van der Waals surface area contributed by atoms with Gasteiger partial charge in [0.05, 0.1) is 6.61 Å². The molecule has 0 aliphatic rings. The van der Waals surface area contributed by atoms with Crippen LogP contribution < -0.4 is 11.1 Å². The first-order valence-corrected chi connectivity index (χ1v) is 5.18. The molecule has 1 rings (SSSR count). The third kappa shape index (κ3) is 4.86. The van der Waals surface area contributed by atoms with Crippen LogP contribution in [0.25, 0.3) is 0 Å². The van der Waals surface area contributed by atoms with Gasteiger partial charge in [0.1, 0.15) is 6.61 Å². The van der Waals surface area contributed by atoms with E-state index in [1.54, 1.807) is 6.20 Å². The molecule has 0 radical (unpaired) electrons. The van der Waals surface area contributed by atoms with Gasteiger partial charge in [-0.3, -0.25) is 9.78 Å². The van der Waals surface area contributed by atoms with Crippen molar-refractivity contribution in [2.45, 2.75) is 13.5 Å². The van der Waals surface area contributed by atoms with Gasteiger partial charge in [-0.25, -0.2) is 0 Å². The Hall–Kier alpha value is -1.46. The van der Waals surface area contributed by atoms with E-state index < -0.39 is 0 Å². The summed E-state index contributed by atoms with van der Waals surface area (Å²) in [5.74, 6) is -0.144. The first-order valence-electron chi connectivity index (χ1n) is 5.18. The van der Waals surface area contributed by atoms with Crippen molar-refractivity contribution in [1.29, 1.82) is 0 Å². The minimum Gasteiger partial charge on any atom is -0.370 e. The molecule has 0 atom stereocenters. The molecule has 0 bridgehead atoms. The van der Waals surface area contributed by atoms with Crippen LogP contribution in [-0.4, -0.2) is 30.6 Å². The largest absolute Gasteiger partial charge is 0.370 e. The van der Waals surface area contributed by atoms with Crippen molar-refractivity contribution < 1.29 is 9.53 Å². The van der Waals surface area contributed by atoms with Crippen LogP contribution in [-0.2, 0) is 16.1 Å². The van der Waals surface area contributed by atoms with Crippen LogP contribution in [0.4, 0.5) is 0 Å². The number of carbonyl (C=O) groups is 1. The predicted octanol–water partition coefficient (Wildman–Crippen LogP) is -0.0185. The SMILES string of the molecule is Cc1ccc(CNC(=O)COCCN)cn1. The fourth-order valence-corrected chi connectivity index (χ4v) is 1.10. The van der Waals surface area contributed by atoms with Crippen molar-refractivity contribution in [1.82, 2.24) is 10.3 Å². The maximum Gasteiger partial charge on any atom is 0.246 e. The highest BCUT2D eigenvalue weighted by molar-refractivity contribution is 5.77. The summed E-state index contributed by atoms with van der Waals surface area (Å²) in [4.78, 5) is 15.4. The zero-order valence-corrected chi connectivity index (χ0v) is 9.40. The Kier molecular flexibility index (Phi) is 5.45. The van der Waals surface area contributed by atoms with E-state index in [9.17, 15) is 4.79 Å². The van der Waals surface area contributed by atoms with Crippen LogP contribution in [0, 0.1) is 6.92 Å². The van der Waals surface area contributed by atoms with E-state index in [-0.39, 0.29) is 12.5 Å². The third-order valence-corrected chi connectivity index (χ3v) is 1.96. The summed E-state index contributed by atoms with van der Waals surface area (Å²) >= 11 is 0. The highest BCUT2D eigenvalue weighted by Gasteiger charge is 2.00. The molecule has 0 unspecified atom stereocenters. The van der Waals surface area contributed by atoms with Crippen molar-refractivity contribution in [2.24, 2.45) is 5.73 Å². The highest BCUT2D eigenvalue weighted by atomic mass is 16.5. The lowest BCUT2D eigenvalue weighted by molar-refractivity contribution is -0.125. The summed E-state index contributed by atoms with van der Waals surface area (Å²) in [6.07, 6.45) is 1.75. The minimum atomic E-state index is -0.144. The maximum atomic E-state index is 11.3. The minimum absolute atomic E-state index is 0.0521. The highest BCUT2D eigenvalue weighted by Crippen LogP contribution is 1.98. The van der Waals surface area contributed by atoms with E-state index in [4.69, 9.17) is 10.5 Å². The third-order valence-electron chi connectivity index (χ3n) is 1.96. The second kappa shape index (κ2) is 6.92. The smallest absolute Gasteiger partial charge is 0.246 e. The average Bonchev–Trinajstić information content (AvgIpc) is 2.29. The van der Waals surface area contributed by atoms with Crippen molar-refractivity contribution >= 4 is 5.91 Å². The second-order valence-electron chi connectivity index (χ2n) is 3.43. The molecule has 0 spiro atoms. The van der Waals surface area contributed by atoms with Crippen molar-refractivity contribution in [3.63, 3.8) is 0 Å². The van der Waals surface area contributed by atoms with Gasteiger partial charge in [-0.05, 0) is 18.6 Å². The summed E-state index contributed by atoms with van der Waals surface area (Å²) in [6, 6.07) is 3.84. The molecule has 0 fully saturated rings. The number of nitrogens with zero attached hydrogens (tertiary/aromatic N) is 1. The molecular formula is C11H17N3O2. The van der Waals surface area contributed by atoms with Gasteiger partial charge in [-0.15, -0.1) is 0 Å². The van der Waals surface area contributed by atoms with Gasteiger partial charge in [0, 0.05) is 25.0 Å². The first-order chi connectivity index (χ1) is 7.72. The Bertz CT molecular complexity index is 325. The van der Waals surface area contributed by atoms with E-state index in [2.05, 4.69) is 10.3 Å². The Morgan fingerprint density at radius 3 is 3.00 bits per heavy atom. The summed E-state index contributed by atoms with van der Waals surface area (Å²) < 4.78 is 5.00. The molecule has 0 saturated carbocycles. The number of nitrogens with one attached hydrogen (secondary N) is 1. The number of rotatable bonds is 6. The lowest BCUT2D eigenvalue weighted by Gasteiger charge is -2.05. The number of pyridine rings is 1. The zero-order valence-electron chi connectivity index (χ0n) is 9.40. The van der Waals surface area contributed by atoms with Gasteiger partial charge in [-0.2, -0.15) is 0 Å². The molecule has 0 saturated heterocycles. The van der Waals surface area contributed by atoms with E-state index in [0.29, 0.717) is 19.7 Å². The van der Waals surface area contributed by atoms with Crippen LogP contribution in [0.3, 0.4) is 0 Å². The molecule has 1 amide bonds. The molecule has 5 heteroatoms. The summed E-state index contributed by atoms with van der Waals surface area (Å²) in [5.41, 5.74) is 7.16. The summed E-state index contributed by atoms with van der Waals surface area (Å²) in [6.45, 7) is 3.27. The molecule has 1 aromatic heterocycles. The number of aromatic nitrogens is 1. The van der Waals surface area contributed by atoms with E-state index in [0.717, 1.165) is 11.3 Å². The number of hydrogen-bond donors (Lipinski definition) is 2. The van der Waals surface area contributed by atoms with E-state index in [1.165, 1.54) is 0 Å². The number of ether oxygens (including phenoxy) is 1. The predicted molar refractivity (Wildman–Crippen MR) is 60.7 cm³/mol. The van der Waals surface area contributed by atoms with E-state index in [1.807, 2.05) is 19.1 Å². The van der Waals surface area contributed by atoms with Gasteiger partial charge in [0.2, 0.25) is 5.91 Å². The van der Waals surface area contributed by atoms with E-state index >= 15 is 0 Å². The van der Waals surface area contributed by atoms with Gasteiger partial charge in [0.25, 0.3) is 0 Å². The second-order valence-corrected chi connectivity index (χ2v) is 3.43. The fraction of sp³-hybridized carbons (Fsp3) is 0.455. The molecule has 16 heavy (non-hydrogen) atoms. The normalized spacial score (nSPS) is 10.1. The molecule has 0 aliphatic carbocycles. The molecule has 0 aromatic carbocycles. The van der Waals surface area contributed by atoms with Gasteiger partial charge in [-0.1, -0.05) is 6.07 Å². The lowest BCUT2D eigenvalue weighted by atomic mass is 10.2. The Labute approximate surface area is 95.0 Å². The van der Waals surface area contributed by atoms with Gasteiger partial charge >= 0.3 is 0 Å². The van der Waals surface area contributed by atoms with Gasteiger partial charge in [0.15, 0.2) is 0 Å². The van der Waals surface area contributed by atoms with Crippen LogP contribution in [0.15, 0.2) is 18.3 Å². The van der Waals surface area contributed by atoms with Crippen molar-refractivity contribution in [2.75, 3.05) is 19.8 Å².